The van der Waals surface area contributed by atoms with Gasteiger partial charge in [0.05, 0.1) is 27.3 Å². The summed E-state index contributed by atoms with van der Waals surface area (Å²) in [7, 11) is 0. The number of halogens is 4. The molecule has 1 aliphatic rings. The fourth-order valence-electron chi connectivity index (χ4n) is 3.10. The van der Waals surface area contributed by atoms with Crippen LogP contribution in [-0.2, 0) is 0 Å². The maximum Gasteiger partial charge on any atom is 0.275 e. The molecule has 0 N–H and O–H groups in total. The number of piperazine rings is 1. The van der Waals surface area contributed by atoms with Crippen LogP contribution in [0.1, 0.15) is 15.9 Å². The molecule has 0 aliphatic carbocycles. The van der Waals surface area contributed by atoms with Gasteiger partial charge in [-0.1, -0.05) is 11.6 Å². The first-order valence-electron chi connectivity index (χ1n) is 8.32. The molecule has 0 saturated carbocycles. The van der Waals surface area contributed by atoms with Crippen LogP contribution in [0.4, 0.5) is 24.5 Å². The van der Waals surface area contributed by atoms with Gasteiger partial charge in [-0.3, -0.25) is 14.9 Å². The molecular formula is C18H15ClF3N3O3. The third-order valence-electron chi connectivity index (χ3n) is 4.61. The maximum absolute atomic E-state index is 14.3. The first-order valence-corrected chi connectivity index (χ1v) is 8.70. The number of carbonyl (C=O) groups excluding carboxylic acids is 1. The fourth-order valence-corrected chi connectivity index (χ4v) is 3.33. The van der Waals surface area contributed by atoms with Crippen molar-refractivity contribution in [1.82, 2.24) is 4.90 Å². The molecule has 10 heteroatoms. The number of rotatable bonds is 3. The molecule has 1 saturated heterocycles. The van der Waals surface area contributed by atoms with E-state index in [1.807, 2.05) is 0 Å². The summed E-state index contributed by atoms with van der Waals surface area (Å²) in [6.45, 7) is 2.45. The van der Waals surface area contributed by atoms with E-state index in [9.17, 15) is 28.1 Å². The quantitative estimate of drug-likeness (QED) is 0.434. The third kappa shape index (κ3) is 3.75. The molecule has 0 radical (unpaired) electrons. The van der Waals surface area contributed by atoms with Crippen molar-refractivity contribution in [3.05, 3.63) is 68.0 Å². The highest BCUT2D eigenvalue weighted by Gasteiger charge is 2.27. The molecule has 2 aromatic carbocycles. The van der Waals surface area contributed by atoms with E-state index in [4.69, 9.17) is 11.6 Å². The Morgan fingerprint density at radius 1 is 1.04 bits per heavy atom. The molecule has 148 valence electrons. The predicted octanol–water partition coefficient (Wildman–Crippen LogP) is 3.94. The van der Waals surface area contributed by atoms with Gasteiger partial charge in [-0.15, -0.1) is 0 Å². The number of aryl methyl sites for hydroxylation is 1. The minimum atomic E-state index is -1.17. The van der Waals surface area contributed by atoms with Gasteiger partial charge in [0.15, 0.2) is 17.5 Å². The van der Waals surface area contributed by atoms with Gasteiger partial charge in [0, 0.05) is 31.7 Å². The Morgan fingerprint density at radius 3 is 2.25 bits per heavy atom. The van der Waals surface area contributed by atoms with Crippen molar-refractivity contribution >= 4 is 28.9 Å². The number of carbonyl (C=O) groups is 1. The molecular weight excluding hydrogens is 399 g/mol. The van der Waals surface area contributed by atoms with Crippen molar-refractivity contribution in [3.8, 4) is 0 Å². The highest BCUT2D eigenvalue weighted by molar-refractivity contribution is 6.33. The van der Waals surface area contributed by atoms with Crippen molar-refractivity contribution in [2.24, 2.45) is 0 Å². The van der Waals surface area contributed by atoms with Gasteiger partial charge in [0.2, 0.25) is 0 Å². The average Bonchev–Trinajstić information content (AvgIpc) is 2.65. The molecule has 1 fully saturated rings. The lowest BCUT2D eigenvalue weighted by Crippen LogP contribution is -2.49. The highest BCUT2D eigenvalue weighted by Crippen LogP contribution is 2.29. The van der Waals surface area contributed by atoms with E-state index in [-0.39, 0.29) is 48.1 Å². The van der Waals surface area contributed by atoms with Gasteiger partial charge in [-0.05, 0) is 25.1 Å². The third-order valence-corrected chi connectivity index (χ3v) is 4.92. The number of hydrogen-bond acceptors (Lipinski definition) is 4. The van der Waals surface area contributed by atoms with Crippen molar-refractivity contribution < 1.29 is 22.9 Å². The van der Waals surface area contributed by atoms with Crippen LogP contribution >= 0.6 is 11.6 Å². The van der Waals surface area contributed by atoms with Crippen molar-refractivity contribution in [2.45, 2.75) is 6.92 Å². The molecule has 0 atom stereocenters. The van der Waals surface area contributed by atoms with Crippen molar-refractivity contribution in [3.63, 3.8) is 0 Å². The van der Waals surface area contributed by atoms with E-state index >= 15 is 0 Å². The molecule has 0 unspecified atom stereocenters. The van der Waals surface area contributed by atoms with Gasteiger partial charge in [0.1, 0.15) is 0 Å². The summed E-state index contributed by atoms with van der Waals surface area (Å²) in [6, 6.07) is 3.78. The summed E-state index contributed by atoms with van der Waals surface area (Å²) in [5.41, 5.74) is 0.0870. The molecule has 0 bridgehead atoms. The zero-order valence-electron chi connectivity index (χ0n) is 14.7. The number of amides is 1. The normalized spacial score (nSPS) is 14.3. The summed E-state index contributed by atoms with van der Waals surface area (Å²) < 4.78 is 40.9. The van der Waals surface area contributed by atoms with E-state index in [0.717, 1.165) is 18.2 Å². The fraction of sp³-hybridized carbons (Fsp3) is 0.278. The number of hydrogen-bond donors (Lipinski definition) is 0. The second kappa shape index (κ2) is 7.67. The molecule has 28 heavy (non-hydrogen) atoms. The van der Waals surface area contributed by atoms with Gasteiger partial charge in [-0.25, -0.2) is 13.2 Å². The van der Waals surface area contributed by atoms with Gasteiger partial charge in [0.25, 0.3) is 11.6 Å². The zero-order valence-corrected chi connectivity index (χ0v) is 15.5. The summed E-state index contributed by atoms with van der Waals surface area (Å²) in [5.74, 6) is -3.59. The Morgan fingerprint density at radius 2 is 1.64 bits per heavy atom. The molecule has 0 spiro atoms. The lowest BCUT2D eigenvalue weighted by atomic mass is 10.1. The van der Waals surface area contributed by atoms with Gasteiger partial charge < -0.3 is 9.80 Å². The van der Waals surface area contributed by atoms with Crippen LogP contribution in [0.15, 0.2) is 24.3 Å². The van der Waals surface area contributed by atoms with Crippen LogP contribution in [-0.4, -0.2) is 41.9 Å². The summed E-state index contributed by atoms with van der Waals surface area (Å²) in [4.78, 5) is 25.9. The SMILES string of the molecule is Cc1cc(N2CCN(C(=O)c3cc(F)c(F)cc3Cl)CC2)c(F)cc1[N+](=O)[O-]. The smallest absolute Gasteiger partial charge is 0.275 e. The van der Waals surface area contributed by atoms with E-state index in [2.05, 4.69) is 0 Å². The second-order valence-corrected chi connectivity index (χ2v) is 6.78. The monoisotopic (exact) mass is 413 g/mol. The number of benzene rings is 2. The van der Waals surface area contributed by atoms with Crippen molar-refractivity contribution in [2.75, 3.05) is 31.1 Å². The lowest BCUT2D eigenvalue weighted by Gasteiger charge is -2.36. The number of nitro groups is 1. The highest BCUT2D eigenvalue weighted by atomic mass is 35.5. The number of anilines is 1. The Kier molecular flexibility index (Phi) is 5.46. The molecule has 6 nitrogen and oxygen atoms in total. The Bertz CT molecular complexity index is 963. The van der Waals surface area contributed by atoms with E-state index in [1.54, 1.807) is 4.90 Å². The summed E-state index contributed by atoms with van der Waals surface area (Å²) >= 11 is 5.85. The molecule has 1 amide bonds. The minimum Gasteiger partial charge on any atom is -0.366 e. The molecule has 3 rings (SSSR count). The number of nitrogens with zero attached hydrogens (tertiary/aromatic N) is 3. The van der Waals surface area contributed by atoms with Crippen LogP contribution in [0.3, 0.4) is 0 Å². The molecule has 1 aliphatic heterocycles. The maximum atomic E-state index is 14.3. The standard InChI is InChI=1S/C18H15ClF3N3O3/c1-10-6-17(15(22)9-16(10)25(27)28)23-2-4-24(5-3-23)18(26)11-7-13(20)14(21)8-12(11)19/h6-9H,2-5H2,1H3. The molecule has 0 aromatic heterocycles. The predicted molar refractivity (Wildman–Crippen MR) is 97.3 cm³/mol. The molecule has 2 aromatic rings. The summed E-state index contributed by atoms with van der Waals surface area (Å²) in [6.07, 6.45) is 0. The second-order valence-electron chi connectivity index (χ2n) is 6.37. The number of nitro benzene ring substituents is 1. The summed E-state index contributed by atoms with van der Waals surface area (Å²) in [5, 5.41) is 10.7. The van der Waals surface area contributed by atoms with Crippen LogP contribution < -0.4 is 4.90 Å². The minimum absolute atomic E-state index is 0.147. The van der Waals surface area contributed by atoms with Gasteiger partial charge >= 0.3 is 0 Å². The first-order chi connectivity index (χ1) is 13.2. The molecule has 1 heterocycles. The first kappa shape index (κ1) is 19.9. The van der Waals surface area contributed by atoms with E-state index < -0.39 is 28.3 Å². The van der Waals surface area contributed by atoms with E-state index in [1.165, 1.54) is 17.9 Å². The Labute approximate surface area is 163 Å². The zero-order chi connectivity index (χ0) is 20.6. The largest absolute Gasteiger partial charge is 0.366 e. The van der Waals surface area contributed by atoms with Crippen LogP contribution in [0.2, 0.25) is 5.02 Å². The Balaban J connectivity index is 1.75. The van der Waals surface area contributed by atoms with Crippen LogP contribution in [0, 0.1) is 34.5 Å². The lowest BCUT2D eigenvalue weighted by molar-refractivity contribution is -0.385. The topological polar surface area (TPSA) is 66.7 Å². The van der Waals surface area contributed by atoms with Crippen LogP contribution in [0.25, 0.3) is 0 Å². The van der Waals surface area contributed by atoms with Gasteiger partial charge in [-0.2, -0.15) is 0 Å². The van der Waals surface area contributed by atoms with E-state index in [0.29, 0.717) is 5.56 Å². The Hall–Kier alpha value is -2.81. The van der Waals surface area contributed by atoms with Crippen molar-refractivity contribution in [1.29, 1.82) is 0 Å². The average molecular weight is 414 g/mol. The van der Waals surface area contributed by atoms with Crippen LogP contribution in [0.5, 0.6) is 0 Å².